The van der Waals surface area contributed by atoms with Crippen molar-refractivity contribution in [1.82, 2.24) is 4.98 Å². The van der Waals surface area contributed by atoms with Crippen LogP contribution in [0, 0.1) is 0 Å². The minimum Gasteiger partial charge on any atom is -1.00 e. The molecule has 1 unspecified atom stereocenters. The van der Waals surface area contributed by atoms with Gasteiger partial charge in [-0.05, 0) is 28.8 Å². The van der Waals surface area contributed by atoms with Crippen LogP contribution in [-0.2, 0) is 11.2 Å². The van der Waals surface area contributed by atoms with Crippen LogP contribution in [-0.4, -0.2) is 30.5 Å². The fourth-order valence-electron chi connectivity index (χ4n) is 3.19. The molecule has 0 radical (unpaired) electrons. The first-order valence-electron chi connectivity index (χ1n) is 8.69. The first-order chi connectivity index (χ1) is 12.1. The number of hydrogen-bond acceptors (Lipinski definition) is 2. The Hall–Kier alpha value is -2.37. The molecule has 1 aliphatic rings. The van der Waals surface area contributed by atoms with Crippen LogP contribution in [0.3, 0.4) is 0 Å². The number of carbonyl (C=O) groups is 1. The first-order valence-corrected chi connectivity index (χ1v) is 8.69. The van der Waals surface area contributed by atoms with Gasteiger partial charge in [-0.3, -0.25) is 9.59 Å². The molecule has 3 N–H and O–H groups in total. The summed E-state index contributed by atoms with van der Waals surface area (Å²) in [6, 6.07) is 12.3. The number of aromatic nitrogens is 1. The number of nitrogens with one attached hydrogen (secondary N) is 3. The summed E-state index contributed by atoms with van der Waals surface area (Å²) in [5, 5.41) is 2.58. The number of anilines is 1. The Balaban J connectivity index is 0.00000243. The van der Waals surface area contributed by atoms with Crippen molar-refractivity contribution in [2.24, 2.45) is 0 Å². The van der Waals surface area contributed by atoms with Crippen LogP contribution in [0.1, 0.15) is 24.5 Å². The molecule has 0 spiro atoms. The molecular formula is C20H24ClN3O2. The van der Waals surface area contributed by atoms with Crippen molar-refractivity contribution in [3.63, 3.8) is 0 Å². The quantitative estimate of drug-likeness (QED) is 0.582. The zero-order chi connectivity index (χ0) is 17.6. The molecule has 0 saturated heterocycles. The first kappa shape index (κ1) is 19.9. The summed E-state index contributed by atoms with van der Waals surface area (Å²) in [6.07, 6.45) is 6.03. The smallest absolute Gasteiger partial charge is 0.271 e. The van der Waals surface area contributed by atoms with Gasteiger partial charge >= 0.3 is 0 Å². The molecule has 1 atom stereocenters. The highest BCUT2D eigenvalue weighted by atomic mass is 35.5. The lowest BCUT2D eigenvalue weighted by Crippen LogP contribution is -3.12. The van der Waals surface area contributed by atoms with E-state index in [1.807, 2.05) is 6.07 Å². The van der Waals surface area contributed by atoms with E-state index < -0.39 is 0 Å². The van der Waals surface area contributed by atoms with Crippen molar-refractivity contribution >= 4 is 17.2 Å². The van der Waals surface area contributed by atoms with Gasteiger partial charge in [0.15, 0.2) is 0 Å². The standard InChI is InChI=1S/C20H23N3O2.ClH/c1-15(24)22-19-13-18(14-21-20(19)25)17-8-11-23(12-9-17)10-7-16-5-3-2-4-6-16;/h2-6,8,13-14H,7,9-12H2,1H3,(H,21,25)(H,22,24);1H. The van der Waals surface area contributed by atoms with Crippen molar-refractivity contribution in [3.05, 3.63) is 70.2 Å². The van der Waals surface area contributed by atoms with E-state index in [-0.39, 0.29) is 23.9 Å². The Kier molecular flexibility index (Phi) is 7.18. The second-order valence-corrected chi connectivity index (χ2v) is 6.48. The monoisotopic (exact) mass is 373 g/mol. The average molecular weight is 374 g/mol. The van der Waals surface area contributed by atoms with Gasteiger partial charge in [-0.25, -0.2) is 0 Å². The van der Waals surface area contributed by atoms with E-state index >= 15 is 0 Å². The van der Waals surface area contributed by atoms with Crippen molar-refractivity contribution in [1.29, 1.82) is 0 Å². The van der Waals surface area contributed by atoms with Gasteiger partial charge in [0.2, 0.25) is 5.91 Å². The highest BCUT2D eigenvalue weighted by molar-refractivity contribution is 5.89. The van der Waals surface area contributed by atoms with Crippen LogP contribution >= 0.6 is 0 Å². The number of amides is 1. The fraction of sp³-hybridized carbons (Fsp3) is 0.300. The van der Waals surface area contributed by atoms with E-state index in [0.717, 1.165) is 38.0 Å². The molecule has 3 rings (SSSR count). The maximum Gasteiger partial charge on any atom is 0.271 e. The number of aromatic amines is 1. The number of hydrogen-bond donors (Lipinski definition) is 3. The molecule has 1 aromatic heterocycles. The summed E-state index contributed by atoms with van der Waals surface area (Å²) in [7, 11) is 0. The largest absolute Gasteiger partial charge is 1.00 e. The predicted molar refractivity (Wildman–Crippen MR) is 99.7 cm³/mol. The number of quaternary nitrogens is 1. The van der Waals surface area contributed by atoms with Gasteiger partial charge in [0.05, 0.1) is 19.6 Å². The third kappa shape index (κ3) is 5.31. The van der Waals surface area contributed by atoms with Crippen LogP contribution in [0.25, 0.3) is 5.57 Å². The molecule has 0 aliphatic carbocycles. The molecular weight excluding hydrogens is 350 g/mol. The minimum absolute atomic E-state index is 0. The third-order valence-corrected chi connectivity index (χ3v) is 4.58. The third-order valence-electron chi connectivity index (χ3n) is 4.58. The van der Waals surface area contributed by atoms with E-state index in [1.165, 1.54) is 18.1 Å². The lowest BCUT2D eigenvalue weighted by atomic mass is 10.0. The second kappa shape index (κ2) is 9.36. The Bertz CT molecular complexity index is 830. The SMILES string of the molecule is CC(=O)Nc1cc(C2=CC[NH+](CCc3ccccc3)CC2)c[nH]c1=O.[Cl-]. The van der Waals surface area contributed by atoms with Gasteiger partial charge in [0.1, 0.15) is 5.69 Å². The number of carbonyl (C=O) groups excluding carboxylic acids is 1. The van der Waals surface area contributed by atoms with Crippen molar-refractivity contribution in [3.8, 4) is 0 Å². The van der Waals surface area contributed by atoms with Gasteiger partial charge in [0.25, 0.3) is 5.56 Å². The average Bonchev–Trinajstić information content (AvgIpc) is 2.63. The molecule has 1 amide bonds. The van der Waals surface area contributed by atoms with Crippen molar-refractivity contribution in [2.75, 3.05) is 25.0 Å². The van der Waals surface area contributed by atoms with Crippen LogP contribution < -0.4 is 28.2 Å². The van der Waals surface area contributed by atoms with Gasteiger partial charge in [-0.1, -0.05) is 30.3 Å². The fourth-order valence-corrected chi connectivity index (χ4v) is 3.19. The Morgan fingerprint density at radius 2 is 2.04 bits per heavy atom. The maximum absolute atomic E-state index is 11.8. The molecule has 2 heterocycles. The number of benzene rings is 1. The molecule has 26 heavy (non-hydrogen) atoms. The molecule has 0 saturated carbocycles. The molecule has 0 bridgehead atoms. The van der Waals surface area contributed by atoms with Crippen molar-refractivity contribution < 1.29 is 22.1 Å². The second-order valence-electron chi connectivity index (χ2n) is 6.48. The summed E-state index contributed by atoms with van der Waals surface area (Å²) in [6.45, 7) is 4.58. The van der Waals surface area contributed by atoms with Crippen LogP contribution in [0.2, 0.25) is 0 Å². The van der Waals surface area contributed by atoms with E-state index in [9.17, 15) is 9.59 Å². The number of halogens is 1. The zero-order valence-electron chi connectivity index (χ0n) is 14.8. The lowest BCUT2D eigenvalue weighted by molar-refractivity contribution is -0.894. The highest BCUT2D eigenvalue weighted by Gasteiger charge is 2.16. The Morgan fingerprint density at radius 1 is 1.27 bits per heavy atom. The summed E-state index contributed by atoms with van der Waals surface area (Å²) in [5.41, 5.74) is 3.62. The highest BCUT2D eigenvalue weighted by Crippen LogP contribution is 2.19. The molecule has 138 valence electrons. The predicted octanol–water partition coefficient (Wildman–Crippen LogP) is -1.75. The van der Waals surface area contributed by atoms with Crippen LogP contribution in [0.15, 0.2) is 53.5 Å². The number of rotatable bonds is 5. The van der Waals surface area contributed by atoms with E-state index in [2.05, 4.69) is 40.6 Å². The van der Waals surface area contributed by atoms with E-state index in [0.29, 0.717) is 5.69 Å². The summed E-state index contributed by atoms with van der Waals surface area (Å²) in [5.74, 6) is -0.239. The Labute approximate surface area is 159 Å². The normalized spacial score (nSPS) is 16.3. The summed E-state index contributed by atoms with van der Waals surface area (Å²) >= 11 is 0. The van der Waals surface area contributed by atoms with Gasteiger partial charge in [0, 0.05) is 26.0 Å². The molecule has 5 nitrogen and oxygen atoms in total. The molecule has 6 heteroatoms. The number of H-pyrrole nitrogens is 1. The van der Waals surface area contributed by atoms with Crippen molar-refractivity contribution in [2.45, 2.75) is 19.8 Å². The topological polar surface area (TPSA) is 66.4 Å². The van der Waals surface area contributed by atoms with Gasteiger partial charge in [-0.2, -0.15) is 0 Å². The van der Waals surface area contributed by atoms with E-state index in [1.54, 1.807) is 17.2 Å². The Morgan fingerprint density at radius 3 is 2.69 bits per heavy atom. The van der Waals surface area contributed by atoms with Crippen LogP contribution in [0.5, 0.6) is 0 Å². The number of pyridine rings is 1. The zero-order valence-corrected chi connectivity index (χ0v) is 15.6. The molecule has 2 aromatic rings. The van der Waals surface area contributed by atoms with Gasteiger partial charge < -0.3 is 27.6 Å². The minimum atomic E-state index is -0.273. The van der Waals surface area contributed by atoms with Crippen LogP contribution in [0.4, 0.5) is 5.69 Å². The van der Waals surface area contributed by atoms with E-state index in [4.69, 9.17) is 0 Å². The molecule has 1 aliphatic heterocycles. The summed E-state index contributed by atoms with van der Waals surface area (Å²) < 4.78 is 0. The summed E-state index contributed by atoms with van der Waals surface area (Å²) in [4.78, 5) is 27.3. The van der Waals surface area contributed by atoms with Gasteiger partial charge in [-0.15, -0.1) is 0 Å². The molecule has 0 fully saturated rings. The lowest BCUT2D eigenvalue weighted by Gasteiger charge is -2.24. The maximum atomic E-state index is 11.8. The molecule has 1 aromatic carbocycles.